The standard InChI is InChI=1S/C12H6BrFN4O/c1-19-12-9(13)2-8(14)3-10(12)18-11(6-17)7(4-15)5-16/h2-3,18H,1H3. The van der Waals surface area contributed by atoms with Crippen LogP contribution in [0.5, 0.6) is 5.75 Å². The van der Waals surface area contributed by atoms with Gasteiger partial charge in [-0.2, -0.15) is 15.8 Å². The molecular weight excluding hydrogens is 315 g/mol. The third-order valence-corrected chi connectivity index (χ3v) is 2.65. The summed E-state index contributed by atoms with van der Waals surface area (Å²) < 4.78 is 18.7. The van der Waals surface area contributed by atoms with Crippen LogP contribution in [0.1, 0.15) is 0 Å². The lowest BCUT2D eigenvalue weighted by Gasteiger charge is -2.12. The predicted octanol–water partition coefficient (Wildman–Crippen LogP) is 2.83. The van der Waals surface area contributed by atoms with E-state index in [2.05, 4.69) is 21.2 Å². The smallest absolute Gasteiger partial charge is 0.163 e. The number of nitrogens with zero attached hydrogens (tertiary/aromatic N) is 3. The van der Waals surface area contributed by atoms with Crippen molar-refractivity contribution in [2.24, 2.45) is 0 Å². The molecule has 1 aromatic carbocycles. The normalized spacial score (nSPS) is 8.63. The highest BCUT2D eigenvalue weighted by Gasteiger charge is 2.13. The molecule has 0 atom stereocenters. The summed E-state index contributed by atoms with van der Waals surface area (Å²) in [7, 11) is 1.37. The summed E-state index contributed by atoms with van der Waals surface area (Å²) >= 11 is 3.11. The van der Waals surface area contributed by atoms with Gasteiger partial charge in [0.25, 0.3) is 0 Å². The number of nitriles is 3. The second-order valence-electron chi connectivity index (χ2n) is 3.18. The number of allylic oxidation sites excluding steroid dienone is 2. The van der Waals surface area contributed by atoms with Crippen molar-refractivity contribution >= 4 is 21.6 Å². The van der Waals surface area contributed by atoms with Gasteiger partial charge in [-0.25, -0.2) is 4.39 Å². The summed E-state index contributed by atoms with van der Waals surface area (Å²) in [4.78, 5) is 0. The molecule has 0 fully saturated rings. The summed E-state index contributed by atoms with van der Waals surface area (Å²) in [6, 6.07) is 7.11. The zero-order valence-electron chi connectivity index (χ0n) is 9.66. The topological polar surface area (TPSA) is 92.6 Å². The van der Waals surface area contributed by atoms with Crippen LogP contribution in [-0.4, -0.2) is 7.11 Å². The number of ether oxygens (including phenoxy) is 1. The first-order valence-corrected chi connectivity index (χ1v) is 5.61. The van der Waals surface area contributed by atoms with E-state index in [0.717, 1.165) is 6.07 Å². The number of halogens is 2. The van der Waals surface area contributed by atoms with Crippen molar-refractivity contribution in [2.45, 2.75) is 0 Å². The van der Waals surface area contributed by atoms with Crippen LogP contribution < -0.4 is 10.1 Å². The van der Waals surface area contributed by atoms with E-state index in [1.165, 1.54) is 13.2 Å². The maximum Gasteiger partial charge on any atom is 0.163 e. The predicted molar refractivity (Wildman–Crippen MR) is 68.1 cm³/mol. The van der Waals surface area contributed by atoms with E-state index in [-0.39, 0.29) is 17.1 Å². The van der Waals surface area contributed by atoms with Crippen molar-refractivity contribution in [3.63, 3.8) is 0 Å². The summed E-state index contributed by atoms with van der Waals surface area (Å²) in [5, 5.41) is 28.8. The minimum absolute atomic E-state index is 0.133. The molecule has 0 saturated heterocycles. The lowest BCUT2D eigenvalue weighted by atomic mass is 10.2. The van der Waals surface area contributed by atoms with Gasteiger partial charge >= 0.3 is 0 Å². The van der Waals surface area contributed by atoms with Crippen molar-refractivity contribution in [1.29, 1.82) is 15.8 Å². The Morgan fingerprint density at radius 2 is 1.89 bits per heavy atom. The molecule has 0 unspecified atom stereocenters. The van der Waals surface area contributed by atoms with Crippen molar-refractivity contribution in [2.75, 3.05) is 12.4 Å². The molecule has 19 heavy (non-hydrogen) atoms. The van der Waals surface area contributed by atoms with Gasteiger partial charge in [0.05, 0.1) is 17.3 Å². The number of hydrogen-bond acceptors (Lipinski definition) is 5. The maximum absolute atomic E-state index is 13.3. The van der Waals surface area contributed by atoms with Crippen molar-refractivity contribution in [3.8, 4) is 24.0 Å². The first-order valence-electron chi connectivity index (χ1n) is 4.82. The number of nitrogens with one attached hydrogen (secondary N) is 1. The minimum atomic E-state index is -0.567. The van der Waals surface area contributed by atoms with Gasteiger partial charge in [-0.15, -0.1) is 0 Å². The molecule has 1 N–H and O–H groups in total. The van der Waals surface area contributed by atoms with Crippen LogP contribution in [0.25, 0.3) is 0 Å². The highest BCUT2D eigenvalue weighted by molar-refractivity contribution is 9.10. The Balaban J connectivity index is 3.35. The molecule has 1 aromatic rings. The van der Waals surface area contributed by atoms with Crippen LogP contribution in [-0.2, 0) is 0 Å². The van der Waals surface area contributed by atoms with Gasteiger partial charge in [0.1, 0.15) is 29.7 Å². The van der Waals surface area contributed by atoms with E-state index >= 15 is 0 Å². The molecule has 0 radical (unpaired) electrons. The molecule has 94 valence electrons. The van der Waals surface area contributed by atoms with Crippen LogP contribution in [0.3, 0.4) is 0 Å². The molecule has 1 rings (SSSR count). The molecule has 5 nitrogen and oxygen atoms in total. The van der Waals surface area contributed by atoms with Crippen molar-refractivity contribution < 1.29 is 9.13 Å². The highest BCUT2D eigenvalue weighted by Crippen LogP contribution is 2.35. The quantitative estimate of drug-likeness (QED) is 0.864. The fraction of sp³-hybridized carbons (Fsp3) is 0.0833. The molecule has 0 spiro atoms. The first kappa shape index (κ1) is 14.5. The average molecular weight is 321 g/mol. The minimum Gasteiger partial charge on any atom is -0.493 e. The number of methoxy groups -OCH3 is 1. The van der Waals surface area contributed by atoms with Crippen LogP contribution >= 0.6 is 15.9 Å². The van der Waals surface area contributed by atoms with Gasteiger partial charge in [0.15, 0.2) is 11.3 Å². The molecule has 0 aliphatic rings. The van der Waals surface area contributed by atoms with Gasteiger partial charge in [0, 0.05) is 6.07 Å². The van der Waals surface area contributed by atoms with Gasteiger partial charge in [0.2, 0.25) is 0 Å². The average Bonchev–Trinajstić information content (AvgIpc) is 2.38. The lowest BCUT2D eigenvalue weighted by molar-refractivity contribution is 0.413. The Morgan fingerprint density at radius 1 is 1.26 bits per heavy atom. The van der Waals surface area contributed by atoms with Gasteiger partial charge in [-0.05, 0) is 22.0 Å². The van der Waals surface area contributed by atoms with Crippen molar-refractivity contribution in [1.82, 2.24) is 0 Å². The van der Waals surface area contributed by atoms with E-state index < -0.39 is 11.4 Å². The molecule has 0 bridgehead atoms. The molecule has 0 aromatic heterocycles. The molecule has 0 aliphatic heterocycles. The second kappa shape index (κ2) is 6.39. The third-order valence-electron chi connectivity index (χ3n) is 2.06. The largest absolute Gasteiger partial charge is 0.493 e. The molecular formula is C12H6BrFN4O. The third kappa shape index (κ3) is 3.22. The molecule has 7 heteroatoms. The SMILES string of the molecule is COc1c(Br)cc(F)cc1NC(C#N)=C(C#N)C#N. The number of hydrogen-bond donors (Lipinski definition) is 1. The zero-order chi connectivity index (χ0) is 14.4. The molecule has 0 saturated carbocycles. The van der Waals surface area contributed by atoms with E-state index in [0.29, 0.717) is 4.47 Å². The zero-order valence-corrected chi connectivity index (χ0v) is 11.2. The molecule has 0 heterocycles. The summed E-state index contributed by atoms with van der Waals surface area (Å²) in [5.41, 5.74) is -0.542. The molecule has 0 aliphatic carbocycles. The van der Waals surface area contributed by atoms with E-state index in [9.17, 15) is 4.39 Å². The fourth-order valence-corrected chi connectivity index (χ4v) is 1.87. The van der Waals surface area contributed by atoms with Crippen molar-refractivity contribution in [3.05, 3.63) is 33.7 Å². The van der Waals surface area contributed by atoms with Crippen LogP contribution in [0.4, 0.5) is 10.1 Å². The highest BCUT2D eigenvalue weighted by atomic mass is 79.9. The fourth-order valence-electron chi connectivity index (χ4n) is 1.28. The Bertz CT molecular complexity index is 648. The molecule has 0 amide bonds. The maximum atomic E-state index is 13.3. The van der Waals surface area contributed by atoms with E-state index in [1.54, 1.807) is 18.2 Å². The first-order chi connectivity index (χ1) is 9.07. The summed E-state index contributed by atoms with van der Waals surface area (Å²) in [6.45, 7) is 0. The van der Waals surface area contributed by atoms with Gasteiger partial charge in [-0.1, -0.05) is 0 Å². The lowest BCUT2D eigenvalue weighted by Crippen LogP contribution is -2.03. The second-order valence-corrected chi connectivity index (χ2v) is 4.03. The van der Waals surface area contributed by atoms with Gasteiger partial charge < -0.3 is 10.1 Å². The van der Waals surface area contributed by atoms with E-state index in [1.807, 2.05) is 0 Å². The van der Waals surface area contributed by atoms with Gasteiger partial charge in [-0.3, -0.25) is 0 Å². The Hall–Kier alpha value is -2.56. The number of rotatable bonds is 3. The van der Waals surface area contributed by atoms with Crippen LogP contribution in [0, 0.1) is 39.8 Å². The monoisotopic (exact) mass is 320 g/mol. The Labute approximate surface area is 117 Å². The van der Waals surface area contributed by atoms with Crippen LogP contribution in [0.15, 0.2) is 27.9 Å². The number of anilines is 1. The van der Waals surface area contributed by atoms with Crippen LogP contribution in [0.2, 0.25) is 0 Å². The number of benzene rings is 1. The summed E-state index contributed by atoms with van der Waals surface area (Å²) in [6.07, 6.45) is 0. The Morgan fingerprint density at radius 3 is 2.37 bits per heavy atom. The Kier molecular flexibility index (Phi) is 4.88. The van der Waals surface area contributed by atoms with E-state index in [4.69, 9.17) is 20.5 Å². The summed E-state index contributed by atoms with van der Waals surface area (Å²) in [5.74, 6) is -0.313.